The zero-order valence-electron chi connectivity index (χ0n) is 11.3. The Hall–Kier alpha value is -1.85. The average molecular weight is 275 g/mol. The molecule has 1 unspecified atom stereocenters. The first-order chi connectivity index (χ1) is 9.74. The van der Waals surface area contributed by atoms with E-state index in [0.717, 1.165) is 29.8 Å². The van der Waals surface area contributed by atoms with Gasteiger partial charge in [0, 0.05) is 30.1 Å². The third-order valence-corrected chi connectivity index (χ3v) is 3.42. The molecule has 2 aromatic rings. The smallest absolute Gasteiger partial charge is 0.336 e. The summed E-state index contributed by atoms with van der Waals surface area (Å²) in [6.45, 7) is 4.76. The minimum atomic E-state index is -0.349. The topological polar surface area (TPSA) is 60.7 Å². The minimum Gasteiger partial charge on any atom is -0.490 e. The highest BCUT2D eigenvalue weighted by molar-refractivity contribution is 5.81. The number of nitrogens with one attached hydrogen (secondary N) is 1. The summed E-state index contributed by atoms with van der Waals surface area (Å²) in [7, 11) is 0. The van der Waals surface area contributed by atoms with Crippen LogP contribution in [-0.2, 0) is 4.74 Å². The summed E-state index contributed by atoms with van der Waals surface area (Å²) in [6, 6.07) is 6.96. The van der Waals surface area contributed by atoms with Crippen LogP contribution in [0.25, 0.3) is 11.0 Å². The van der Waals surface area contributed by atoms with Crippen LogP contribution in [0.4, 0.5) is 0 Å². The van der Waals surface area contributed by atoms with Gasteiger partial charge in [0.15, 0.2) is 0 Å². The van der Waals surface area contributed by atoms with Crippen molar-refractivity contribution < 1.29 is 13.9 Å². The van der Waals surface area contributed by atoms with Crippen LogP contribution in [0.15, 0.2) is 33.5 Å². The Morgan fingerprint density at radius 3 is 3.00 bits per heavy atom. The van der Waals surface area contributed by atoms with Gasteiger partial charge < -0.3 is 19.2 Å². The van der Waals surface area contributed by atoms with E-state index < -0.39 is 0 Å². The molecule has 1 aliphatic heterocycles. The van der Waals surface area contributed by atoms with Crippen LogP contribution in [0.5, 0.6) is 5.75 Å². The van der Waals surface area contributed by atoms with Gasteiger partial charge in [-0.1, -0.05) is 0 Å². The fraction of sp³-hybridized carbons (Fsp3) is 0.400. The second-order valence-corrected chi connectivity index (χ2v) is 4.87. The Bertz CT molecular complexity index is 658. The number of aryl methyl sites for hydroxylation is 1. The maximum absolute atomic E-state index is 11.3. The molecule has 1 atom stereocenters. The van der Waals surface area contributed by atoms with Gasteiger partial charge in [-0.05, 0) is 25.1 Å². The van der Waals surface area contributed by atoms with Crippen molar-refractivity contribution in [1.82, 2.24) is 5.32 Å². The van der Waals surface area contributed by atoms with Crippen LogP contribution in [0.2, 0.25) is 0 Å². The molecule has 1 saturated heterocycles. The van der Waals surface area contributed by atoms with Crippen molar-refractivity contribution in [3.63, 3.8) is 0 Å². The highest BCUT2D eigenvalue weighted by Crippen LogP contribution is 2.26. The number of morpholine rings is 1. The SMILES string of the molecule is Cc1c(OCC2CNCCO2)ccc2ccc(=O)oc12. The Labute approximate surface area is 116 Å². The Morgan fingerprint density at radius 1 is 1.35 bits per heavy atom. The zero-order chi connectivity index (χ0) is 13.9. The molecule has 0 amide bonds. The zero-order valence-corrected chi connectivity index (χ0v) is 11.3. The quantitative estimate of drug-likeness (QED) is 0.860. The number of hydrogen-bond acceptors (Lipinski definition) is 5. The molecule has 1 aliphatic rings. The summed E-state index contributed by atoms with van der Waals surface area (Å²) >= 11 is 0. The summed E-state index contributed by atoms with van der Waals surface area (Å²) < 4.78 is 16.6. The maximum atomic E-state index is 11.3. The van der Waals surface area contributed by atoms with Crippen molar-refractivity contribution in [1.29, 1.82) is 0 Å². The average Bonchev–Trinajstić information content (AvgIpc) is 2.48. The van der Waals surface area contributed by atoms with Crippen molar-refractivity contribution >= 4 is 11.0 Å². The molecule has 1 aromatic heterocycles. The van der Waals surface area contributed by atoms with E-state index in [1.165, 1.54) is 6.07 Å². The second kappa shape index (κ2) is 5.64. The molecule has 106 valence electrons. The molecular formula is C15H17NO4. The molecule has 0 bridgehead atoms. The van der Waals surface area contributed by atoms with Gasteiger partial charge in [-0.15, -0.1) is 0 Å². The van der Waals surface area contributed by atoms with Crippen LogP contribution in [0.1, 0.15) is 5.56 Å². The number of rotatable bonds is 3. The lowest BCUT2D eigenvalue weighted by molar-refractivity contribution is 0.0000795. The number of hydrogen-bond donors (Lipinski definition) is 1. The van der Waals surface area contributed by atoms with Crippen molar-refractivity contribution in [2.24, 2.45) is 0 Å². The lowest BCUT2D eigenvalue weighted by Crippen LogP contribution is -2.41. The number of fused-ring (bicyclic) bond motifs is 1. The van der Waals surface area contributed by atoms with Crippen molar-refractivity contribution in [3.8, 4) is 5.75 Å². The third kappa shape index (κ3) is 2.69. The van der Waals surface area contributed by atoms with Crippen molar-refractivity contribution in [3.05, 3.63) is 40.2 Å². The first-order valence-corrected chi connectivity index (χ1v) is 6.72. The van der Waals surface area contributed by atoms with Gasteiger partial charge in [-0.3, -0.25) is 0 Å². The molecule has 3 rings (SSSR count). The predicted octanol–water partition coefficient (Wildman–Crippen LogP) is 1.47. The molecule has 1 fully saturated rings. The van der Waals surface area contributed by atoms with Crippen molar-refractivity contribution in [2.75, 3.05) is 26.3 Å². The second-order valence-electron chi connectivity index (χ2n) is 4.87. The van der Waals surface area contributed by atoms with Crippen LogP contribution in [0.3, 0.4) is 0 Å². The Balaban J connectivity index is 1.80. The van der Waals surface area contributed by atoms with Gasteiger partial charge in [0.1, 0.15) is 24.0 Å². The molecule has 20 heavy (non-hydrogen) atoms. The van der Waals surface area contributed by atoms with Gasteiger partial charge in [-0.25, -0.2) is 4.79 Å². The Kier molecular flexibility index (Phi) is 3.71. The predicted molar refractivity (Wildman–Crippen MR) is 75.3 cm³/mol. The van der Waals surface area contributed by atoms with Gasteiger partial charge in [0.25, 0.3) is 0 Å². The normalized spacial score (nSPS) is 19.1. The molecule has 0 spiro atoms. The summed E-state index contributed by atoms with van der Waals surface area (Å²) in [6.07, 6.45) is 0.0571. The number of ether oxygens (including phenoxy) is 2. The molecule has 5 nitrogen and oxygen atoms in total. The molecule has 0 saturated carbocycles. The van der Waals surface area contributed by atoms with E-state index in [-0.39, 0.29) is 11.7 Å². The third-order valence-electron chi connectivity index (χ3n) is 3.42. The number of benzene rings is 1. The van der Waals surface area contributed by atoms with Gasteiger partial charge in [0.05, 0.1) is 6.61 Å². The fourth-order valence-corrected chi connectivity index (χ4v) is 2.32. The lowest BCUT2D eigenvalue weighted by atomic mass is 10.1. The van der Waals surface area contributed by atoms with E-state index in [2.05, 4.69) is 5.32 Å². The minimum absolute atomic E-state index is 0.0571. The van der Waals surface area contributed by atoms with E-state index in [1.54, 1.807) is 6.07 Å². The van der Waals surface area contributed by atoms with E-state index >= 15 is 0 Å². The molecule has 5 heteroatoms. The van der Waals surface area contributed by atoms with Crippen LogP contribution >= 0.6 is 0 Å². The summed E-state index contributed by atoms with van der Waals surface area (Å²) in [5.74, 6) is 0.723. The maximum Gasteiger partial charge on any atom is 0.336 e. The van der Waals surface area contributed by atoms with Gasteiger partial charge >= 0.3 is 5.63 Å². The van der Waals surface area contributed by atoms with Gasteiger partial charge in [0.2, 0.25) is 0 Å². The summed E-state index contributed by atoms with van der Waals surface area (Å²) in [5, 5.41) is 4.15. The standard InChI is InChI=1S/C15H17NO4/c1-10-13(19-9-12-8-16-6-7-18-12)4-2-11-3-5-14(17)20-15(10)11/h2-5,12,16H,6-9H2,1H3. The molecule has 2 heterocycles. The first kappa shape index (κ1) is 13.1. The monoisotopic (exact) mass is 275 g/mol. The van der Waals surface area contributed by atoms with E-state index in [1.807, 2.05) is 19.1 Å². The van der Waals surface area contributed by atoms with Crippen LogP contribution in [0, 0.1) is 6.92 Å². The molecular weight excluding hydrogens is 258 g/mol. The highest BCUT2D eigenvalue weighted by Gasteiger charge is 2.15. The lowest BCUT2D eigenvalue weighted by Gasteiger charge is -2.24. The highest BCUT2D eigenvalue weighted by atomic mass is 16.5. The summed E-state index contributed by atoms with van der Waals surface area (Å²) in [4.78, 5) is 11.3. The van der Waals surface area contributed by atoms with E-state index in [4.69, 9.17) is 13.9 Å². The largest absolute Gasteiger partial charge is 0.490 e. The molecule has 1 N–H and O–H groups in total. The van der Waals surface area contributed by atoms with E-state index in [0.29, 0.717) is 18.8 Å². The van der Waals surface area contributed by atoms with Crippen molar-refractivity contribution in [2.45, 2.75) is 13.0 Å². The first-order valence-electron chi connectivity index (χ1n) is 6.72. The molecule has 1 aromatic carbocycles. The Morgan fingerprint density at radius 2 is 2.20 bits per heavy atom. The van der Waals surface area contributed by atoms with Crippen LogP contribution in [-0.4, -0.2) is 32.4 Å². The van der Waals surface area contributed by atoms with Gasteiger partial charge in [-0.2, -0.15) is 0 Å². The summed E-state index contributed by atoms with van der Waals surface area (Å²) in [5.41, 5.74) is 1.07. The fourth-order valence-electron chi connectivity index (χ4n) is 2.32. The van der Waals surface area contributed by atoms with E-state index in [9.17, 15) is 4.79 Å². The molecule has 0 aliphatic carbocycles. The molecule has 0 radical (unpaired) electrons. The van der Waals surface area contributed by atoms with Crippen LogP contribution < -0.4 is 15.7 Å².